The van der Waals surface area contributed by atoms with Gasteiger partial charge in [0.15, 0.2) is 0 Å². The summed E-state index contributed by atoms with van der Waals surface area (Å²) < 4.78 is 28.8. The largest absolute Gasteiger partial charge is 0.435 e. The van der Waals surface area contributed by atoms with E-state index in [4.69, 9.17) is 0 Å². The normalized spacial score (nSPS) is 10.8. The lowest BCUT2D eigenvalue weighted by Gasteiger charge is -2.11. The molecule has 16 heavy (non-hydrogen) atoms. The third-order valence-corrected chi connectivity index (χ3v) is 2.89. The minimum atomic E-state index is -2.75. The van der Waals surface area contributed by atoms with Crippen LogP contribution < -0.4 is 4.74 Å². The summed E-state index contributed by atoms with van der Waals surface area (Å²) in [6, 6.07) is 5.41. The van der Waals surface area contributed by atoms with Gasteiger partial charge in [-0.2, -0.15) is 8.78 Å². The lowest BCUT2D eigenvalue weighted by Crippen LogP contribution is -2.05. The quantitative estimate of drug-likeness (QED) is 0.715. The molecule has 0 bridgehead atoms. The third kappa shape index (κ3) is 4.08. The summed E-state index contributed by atoms with van der Waals surface area (Å²) in [6.07, 6.45) is 2.56. The second kappa shape index (κ2) is 6.84. The zero-order valence-corrected chi connectivity index (χ0v) is 10.8. The van der Waals surface area contributed by atoms with E-state index in [9.17, 15) is 8.78 Å². The molecule has 1 aromatic carbocycles. The van der Waals surface area contributed by atoms with Gasteiger partial charge in [-0.05, 0) is 36.5 Å². The molecule has 0 N–H and O–H groups in total. The van der Waals surface area contributed by atoms with E-state index in [2.05, 4.69) is 20.7 Å². The average molecular weight is 293 g/mol. The highest BCUT2D eigenvalue weighted by molar-refractivity contribution is 9.09. The average Bonchev–Trinajstić information content (AvgIpc) is 2.27. The Hall–Kier alpha value is -0.640. The Morgan fingerprint density at radius 3 is 2.69 bits per heavy atom. The summed E-state index contributed by atoms with van der Waals surface area (Å²) in [5, 5.41) is 0.859. The molecule has 1 aromatic rings. The zero-order valence-electron chi connectivity index (χ0n) is 9.18. The highest BCUT2D eigenvalue weighted by atomic mass is 79.9. The molecule has 0 fully saturated rings. The Bertz CT molecular complexity index is 329. The summed E-state index contributed by atoms with van der Waals surface area (Å²) in [6.45, 7) is -0.716. The molecule has 0 aromatic heterocycles. The van der Waals surface area contributed by atoms with Crippen molar-refractivity contribution in [3.63, 3.8) is 0 Å². The lowest BCUT2D eigenvalue weighted by molar-refractivity contribution is -0.0504. The van der Waals surface area contributed by atoms with Gasteiger partial charge < -0.3 is 4.74 Å². The minimum absolute atomic E-state index is 0.299. The molecule has 0 spiro atoms. The zero-order chi connectivity index (χ0) is 12.0. The molecule has 0 aliphatic carbocycles. The van der Waals surface area contributed by atoms with Crippen LogP contribution >= 0.6 is 15.9 Å². The van der Waals surface area contributed by atoms with Crippen molar-refractivity contribution in [3.8, 4) is 5.75 Å². The van der Waals surface area contributed by atoms with Gasteiger partial charge in [-0.25, -0.2) is 0 Å². The fourth-order valence-electron chi connectivity index (χ4n) is 1.52. The van der Waals surface area contributed by atoms with Crippen molar-refractivity contribution in [2.24, 2.45) is 0 Å². The van der Waals surface area contributed by atoms with Crippen LogP contribution in [0.4, 0.5) is 8.78 Å². The number of benzene rings is 1. The number of ether oxygens (including phenoxy) is 1. The topological polar surface area (TPSA) is 9.23 Å². The monoisotopic (exact) mass is 292 g/mol. The smallest absolute Gasteiger partial charge is 0.387 e. The second-order valence-electron chi connectivity index (χ2n) is 3.47. The van der Waals surface area contributed by atoms with Crippen molar-refractivity contribution < 1.29 is 13.5 Å². The van der Waals surface area contributed by atoms with Crippen LogP contribution in [0, 0.1) is 0 Å². The molecule has 0 aliphatic rings. The van der Waals surface area contributed by atoms with Gasteiger partial charge in [0.25, 0.3) is 0 Å². The maximum absolute atomic E-state index is 12.2. The van der Waals surface area contributed by atoms with Crippen molar-refractivity contribution in [1.82, 2.24) is 0 Å². The molecule has 0 atom stereocenters. The first-order valence-electron chi connectivity index (χ1n) is 5.30. The predicted octanol–water partition coefficient (Wildman–Crippen LogP) is 4.18. The molecule has 0 aliphatic heterocycles. The van der Waals surface area contributed by atoms with Gasteiger partial charge in [-0.1, -0.05) is 35.0 Å². The Balaban J connectivity index is 2.87. The van der Waals surface area contributed by atoms with E-state index >= 15 is 0 Å². The second-order valence-corrected chi connectivity index (χ2v) is 4.26. The van der Waals surface area contributed by atoms with Crippen molar-refractivity contribution in [1.29, 1.82) is 0 Å². The molecular formula is C12H15BrF2O. The minimum Gasteiger partial charge on any atom is -0.435 e. The first-order valence-corrected chi connectivity index (χ1v) is 6.42. The number of rotatable bonds is 6. The molecule has 4 heteroatoms. The fourth-order valence-corrected chi connectivity index (χ4v) is 1.80. The molecule has 0 radical (unpaired) electrons. The highest BCUT2D eigenvalue weighted by Gasteiger charge is 2.09. The Morgan fingerprint density at radius 2 is 2.12 bits per heavy atom. The number of aryl methyl sites for hydroxylation is 2. The van der Waals surface area contributed by atoms with Crippen molar-refractivity contribution >= 4 is 15.9 Å². The lowest BCUT2D eigenvalue weighted by atomic mass is 10.0. The Morgan fingerprint density at radius 1 is 1.38 bits per heavy atom. The summed E-state index contributed by atoms with van der Waals surface area (Å²) >= 11 is 3.33. The van der Waals surface area contributed by atoms with Crippen LogP contribution in [-0.2, 0) is 12.8 Å². The van der Waals surface area contributed by atoms with Crippen LogP contribution in [0.15, 0.2) is 18.2 Å². The SMILES string of the molecule is CCc1ccc(OC(F)F)c(CCCBr)c1. The first-order chi connectivity index (χ1) is 7.67. The van der Waals surface area contributed by atoms with Crippen LogP contribution in [0.2, 0.25) is 0 Å². The summed E-state index contributed by atoms with van der Waals surface area (Å²) in [4.78, 5) is 0. The molecule has 0 saturated carbocycles. The van der Waals surface area contributed by atoms with Crippen LogP contribution in [0.5, 0.6) is 5.75 Å². The number of halogens is 3. The van der Waals surface area contributed by atoms with E-state index < -0.39 is 6.61 Å². The number of hydrogen-bond donors (Lipinski definition) is 0. The van der Waals surface area contributed by atoms with Crippen LogP contribution in [0.3, 0.4) is 0 Å². The Labute approximate surface area is 103 Å². The van der Waals surface area contributed by atoms with Gasteiger partial charge in [0, 0.05) is 5.33 Å². The van der Waals surface area contributed by atoms with Crippen LogP contribution in [0.25, 0.3) is 0 Å². The maximum atomic E-state index is 12.2. The summed E-state index contributed by atoms with van der Waals surface area (Å²) in [5.41, 5.74) is 2.00. The first kappa shape index (κ1) is 13.4. The molecule has 0 amide bonds. The van der Waals surface area contributed by atoms with Gasteiger partial charge in [0.2, 0.25) is 0 Å². The van der Waals surface area contributed by atoms with E-state index in [1.165, 1.54) is 0 Å². The van der Waals surface area contributed by atoms with E-state index in [0.29, 0.717) is 5.75 Å². The predicted molar refractivity (Wildman–Crippen MR) is 64.6 cm³/mol. The fraction of sp³-hybridized carbons (Fsp3) is 0.500. The standard InChI is InChI=1S/C12H15BrF2O/c1-2-9-5-6-11(16-12(14)15)10(8-9)4-3-7-13/h5-6,8,12H,2-4,7H2,1H3. The van der Waals surface area contributed by atoms with Gasteiger partial charge in [-0.3, -0.25) is 0 Å². The third-order valence-electron chi connectivity index (χ3n) is 2.33. The van der Waals surface area contributed by atoms with Gasteiger partial charge >= 0.3 is 6.61 Å². The van der Waals surface area contributed by atoms with E-state index in [1.54, 1.807) is 6.07 Å². The van der Waals surface area contributed by atoms with Gasteiger partial charge in [0.05, 0.1) is 0 Å². The van der Waals surface area contributed by atoms with Crippen LogP contribution in [-0.4, -0.2) is 11.9 Å². The number of alkyl halides is 3. The molecule has 90 valence electrons. The van der Waals surface area contributed by atoms with Crippen molar-refractivity contribution in [2.45, 2.75) is 32.8 Å². The number of hydrogen-bond acceptors (Lipinski definition) is 1. The summed E-state index contributed by atoms with van der Waals surface area (Å²) in [5.74, 6) is 0.299. The van der Waals surface area contributed by atoms with Crippen molar-refractivity contribution in [2.75, 3.05) is 5.33 Å². The van der Waals surface area contributed by atoms with E-state index in [1.807, 2.05) is 19.1 Å². The maximum Gasteiger partial charge on any atom is 0.387 e. The molecule has 0 unspecified atom stereocenters. The Kier molecular flexibility index (Phi) is 5.74. The highest BCUT2D eigenvalue weighted by Crippen LogP contribution is 2.24. The van der Waals surface area contributed by atoms with Crippen LogP contribution in [0.1, 0.15) is 24.5 Å². The van der Waals surface area contributed by atoms with E-state index in [-0.39, 0.29) is 0 Å². The van der Waals surface area contributed by atoms with Gasteiger partial charge in [0.1, 0.15) is 5.75 Å². The molecule has 0 saturated heterocycles. The molecule has 0 heterocycles. The molecule has 1 nitrogen and oxygen atoms in total. The molecular weight excluding hydrogens is 278 g/mol. The molecule has 1 rings (SSSR count). The van der Waals surface area contributed by atoms with Gasteiger partial charge in [-0.15, -0.1) is 0 Å². The van der Waals surface area contributed by atoms with Crippen molar-refractivity contribution in [3.05, 3.63) is 29.3 Å². The van der Waals surface area contributed by atoms with E-state index in [0.717, 1.165) is 35.7 Å². The summed E-state index contributed by atoms with van der Waals surface area (Å²) in [7, 11) is 0.